The molecule has 0 aliphatic rings. The molecule has 0 fully saturated rings. The van der Waals surface area contributed by atoms with Crippen LogP contribution in [0.1, 0.15) is 6.42 Å². The third-order valence-corrected chi connectivity index (χ3v) is 2.54. The first kappa shape index (κ1) is 11.0. The van der Waals surface area contributed by atoms with E-state index in [0.29, 0.717) is 5.02 Å². The Balaban J connectivity index is 1.74. The molecule has 0 unspecified atom stereocenters. The van der Waals surface area contributed by atoms with E-state index in [2.05, 4.69) is 19.9 Å². The van der Waals surface area contributed by atoms with Crippen molar-refractivity contribution in [1.29, 1.82) is 0 Å². The quantitative estimate of drug-likeness (QED) is 0.811. The van der Waals surface area contributed by atoms with Gasteiger partial charge in [0.05, 0.1) is 17.0 Å². The van der Waals surface area contributed by atoms with Crippen LogP contribution in [0, 0.1) is 0 Å². The van der Waals surface area contributed by atoms with Gasteiger partial charge in [-0.05, 0) is 12.5 Å². The number of hydrogen-bond acceptors (Lipinski definition) is 3. The lowest BCUT2D eigenvalue weighted by atomic mass is 10.3. The van der Waals surface area contributed by atoms with Crippen LogP contribution in [0.5, 0.6) is 0 Å². The van der Waals surface area contributed by atoms with E-state index in [-0.39, 0.29) is 0 Å². The minimum absolute atomic E-state index is 0.658. The molecule has 16 heavy (non-hydrogen) atoms. The Labute approximate surface area is 99.3 Å². The number of aromatic nitrogens is 3. The van der Waals surface area contributed by atoms with E-state index < -0.39 is 0 Å². The molecule has 0 aliphatic carbocycles. The molecule has 0 amide bonds. The van der Waals surface area contributed by atoms with Crippen LogP contribution in [0.15, 0.2) is 37.2 Å². The van der Waals surface area contributed by atoms with Crippen molar-refractivity contribution in [2.45, 2.75) is 13.0 Å². The number of nitrogens with zero attached hydrogens (tertiary/aromatic N) is 3. The van der Waals surface area contributed by atoms with E-state index in [4.69, 9.17) is 11.6 Å². The predicted octanol–water partition coefficient (Wildman–Crippen LogP) is 2.43. The van der Waals surface area contributed by atoms with Gasteiger partial charge in [-0.25, -0.2) is 4.98 Å². The molecule has 0 bridgehead atoms. The third-order valence-electron chi connectivity index (χ3n) is 2.24. The van der Waals surface area contributed by atoms with Crippen molar-refractivity contribution in [2.24, 2.45) is 0 Å². The summed E-state index contributed by atoms with van der Waals surface area (Å²) in [6.07, 6.45) is 9.95. The fourth-order valence-corrected chi connectivity index (χ4v) is 1.61. The summed E-state index contributed by atoms with van der Waals surface area (Å²) in [5, 5.41) is 3.93. The molecule has 5 heteroatoms. The molecule has 0 aliphatic heterocycles. The Morgan fingerprint density at radius 1 is 1.31 bits per heavy atom. The van der Waals surface area contributed by atoms with Gasteiger partial charge in [0.15, 0.2) is 0 Å². The average Bonchev–Trinajstić information content (AvgIpc) is 2.79. The van der Waals surface area contributed by atoms with E-state index in [1.165, 1.54) is 0 Å². The second kappa shape index (κ2) is 5.51. The molecule has 4 nitrogen and oxygen atoms in total. The number of pyridine rings is 1. The number of anilines is 1. The lowest BCUT2D eigenvalue weighted by Gasteiger charge is -2.07. The Morgan fingerprint density at radius 3 is 3.00 bits per heavy atom. The second-order valence-corrected chi connectivity index (χ2v) is 3.84. The zero-order chi connectivity index (χ0) is 11.2. The third kappa shape index (κ3) is 2.97. The van der Waals surface area contributed by atoms with Crippen LogP contribution in [0.4, 0.5) is 5.69 Å². The van der Waals surface area contributed by atoms with Gasteiger partial charge >= 0.3 is 0 Å². The lowest BCUT2D eigenvalue weighted by Crippen LogP contribution is -2.06. The van der Waals surface area contributed by atoms with Crippen LogP contribution in [-0.4, -0.2) is 21.1 Å². The maximum atomic E-state index is 5.96. The summed E-state index contributed by atoms with van der Waals surface area (Å²) in [7, 11) is 0. The summed E-state index contributed by atoms with van der Waals surface area (Å²) in [6, 6.07) is 1.87. The maximum Gasteiger partial charge on any atom is 0.0945 e. The molecule has 0 saturated carbocycles. The highest BCUT2D eigenvalue weighted by Gasteiger charge is 1.97. The molecule has 0 aromatic carbocycles. The Kier molecular flexibility index (Phi) is 3.77. The van der Waals surface area contributed by atoms with Crippen LogP contribution < -0.4 is 5.32 Å². The second-order valence-electron chi connectivity index (χ2n) is 3.44. The van der Waals surface area contributed by atoms with Crippen molar-refractivity contribution >= 4 is 17.3 Å². The molecule has 2 heterocycles. The molecule has 0 atom stereocenters. The van der Waals surface area contributed by atoms with Gasteiger partial charge in [-0.1, -0.05) is 11.6 Å². The van der Waals surface area contributed by atoms with Crippen LogP contribution in [0.2, 0.25) is 5.02 Å². The number of hydrogen-bond donors (Lipinski definition) is 1. The molecule has 2 aromatic heterocycles. The van der Waals surface area contributed by atoms with Gasteiger partial charge in [0.25, 0.3) is 0 Å². The first-order valence-electron chi connectivity index (χ1n) is 5.15. The van der Waals surface area contributed by atoms with Crippen LogP contribution in [0.25, 0.3) is 0 Å². The highest BCUT2D eigenvalue weighted by molar-refractivity contribution is 6.33. The molecular weight excluding hydrogens is 224 g/mol. The number of nitrogens with one attached hydrogen (secondary N) is 1. The van der Waals surface area contributed by atoms with Gasteiger partial charge in [-0.3, -0.25) is 4.98 Å². The van der Waals surface area contributed by atoms with Gasteiger partial charge in [0.1, 0.15) is 0 Å². The summed E-state index contributed by atoms with van der Waals surface area (Å²) in [5.41, 5.74) is 0.933. The molecule has 84 valence electrons. The number of aryl methyl sites for hydroxylation is 1. The van der Waals surface area contributed by atoms with Crippen molar-refractivity contribution in [3.8, 4) is 0 Å². The summed E-state index contributed by atoms with van der Waals surface area (Å²) >= 11 is 5.96. The summed E-state index contributed by atoms with van der Waals surface area (Å²) in [4.78, 5) is 7.92. The van der Waals surface area contributed by atoms with E-state index in [9.17, 15) is 0 Å². The normalized spacial score (nSPS) is 10.3. The van der Waals surface area contributed by atoms with Gasteiger partial charge in [-0.2, -0.15) is 0 Å². The Bertz CT molecular complexity index is 427. The predicted molar refractivity (Wildman–Crippen MR) is 64.6 cm³/mol. The topological polar surface area (TPSA) is 42.7 Å². The summed E-state index contributed by atoms with van der Waals surface area (Å²) < 4.78 is 2.05. The van der Waals surface area contributed by atoms with E-state index in [1.807, 2.05) is 18.6 Å². The first-order chi connectivity index (χ1) is 7.86. The smallest absolute Gasteiger partial charge is 0.0945 e. The van der Waals surface area contributed by atoms with E-state index in [1.54, 1.807) is 18.6 Å². The molecule has 2 aromatic rings. The van der Waals surface area contributed by atoms with Gasteiger partial charge < -0.3 is 9.88 Å². The fourth-order valence-electron chi connectivity index (χ4n) is 1.42. The zero-order valence-corrected chi connectivity index (χ0v) is 9.56. The first-order valence-corrected chi connectivity index (χ1v) is 5.53. The zero-order valence-electron chi connectivity index (χ0n) is 8.81. The van der Waals surface area contributed by atoms with Crippen molar-refractivity contribution in [3.63, 3.8) is 0 Å². The van der Waals surface area contributed by atoms with Crippen LogP contribution >= 0.6 is 11.6 Å². The monoisotopic (exact) mass is 236 g/mol. The Morgan fingerprint density at radius 2 is 2.25 bits per heavy atom. The minimum atomic E-state index is 0.658. The molecule has 1 N–H and O–H groups in total. The fraction of sp³-hybridized carbons (Fsp3) is 0.273. The number of rotatable bonds is 5. The van der Waals surface area contributed by atoms with Gasteiger partial charge in [-0.15, -0.1) is 0 Å². The van der Waals surface area contributed by atoms with E-state index >= 15 is 0 Å². The van der Waals surface area contributed by atoms with Crippen LogP contribution in [0.3, 0.4) is 0 Å². The summed E-state index contributed by atoms with van der Waals surface area (Å²) in [5.74, 6) is 0. The highest BCUT2D eigenvalue weighted by atomic mass is 35.5. The number of halogens is 1. The van der Waals surface area contributed by atoms with Crippen LogP contribution in [-0.2, 0) is 6.54 Å². The lowest BCUT2D eigenvalue weighted by molar-refractivity contribution is 0.661. The molecular formula is C11H13ClN4. The van der Waals surface area contributed by atoms with Crippen molar-refractivity contribution in [3.05, 3.63) is 42.2 Å². The van der Waals surface area contributed by atoms with E-state index in [0.717, 1.165) is 25.2 Å². The standard InChI is InChI=1S/C11H13ClN4/c12-10-8-13-4-2-11(10)15-3-1-6-16-7-5-14-9-16/h2,4-5,7-9H,1,3,6H2,(H,13,15). The van der Waals surface area contributed by atoms with Gasteiger partial charge in [0.2, 0.25) is 0 Å². The molecule has 0 saturated heterocycles. The summed E-state index contributed by atoms with van der Waals surface area (Å²) in [6.45, 7) is 1.83. The highest BCUT2D eigenvalue weighted by Crippen LogP contribution is 2.18. The number of imidazole rings is 1. The maximum absolute atomic E-state index is 5.96. The molecule has 2 rings (SSSR count). The van der Waals surface area contributed by atoms with Crippen molar-refractivity contribution in [2.75, 3.05) is 11.9 Å². The largest absolute Gasteiger partial charge is 0.384 e. The average molecular weight is 237 g/mol. The molecule has 0 spiro atoms. The SMILES string of the molecule is Clc1cnccc1NCCCn1ccnc1. The van der Waals surface area contributed by atoms with Crippen molar-refractivity contribution < 1.29 is 0 Å². The van der Waals surface area contributed by atoms with Crippen molar-refractivity contribution in [1.82, 2.24) is 14.5 Å². The molecule has 0 radical (unpaired) electrons. The minimum Gasteiger partial charge on any atom is -0.384 e. The Hall–Kier alpha value is -1.55. The van der Waals surface area contributed by atoms with Gasteiger partial charge in [0, 0.05) is 37.9 Å².